The molecule has 0 heterocycles. The normalized spacial score (nSPS) is 10.2. The number of alkyl halides is 1. The molecule has 0 aliphatic carbocycles. The summed E-state index contributed by atoms with van der Waals surface area (Å²) in [7, 11) is 0. The number of halogens is 1. The maximum Gasteiger partial charge on any atom is 0.127 e. The standard InChI is InChI=1S/C16H17ClO2/c1-13-3-5-15(6-4-13)19-16-9-7-14(8-10-16)18-12-2-11-17/h3-10H,2,11-12H2,1H3. The van der Waals surface area contributed by atoms with Gasteiger partial charge in [0.25, 0.3) is 0 Å². The molecule has 0 atom stereocenters. The Morgan fingerprint density at radius 2 is 1.37 bits per heavy atom. The Morgan fingerprint density at radius 1 is 0.842 bits per heavy atom. The van der Waals surface area contributed by atoms with Gasteiger partial charge in [-0.1, -0.05) is 17.7 Å². The van der Waals surface area contributed by atoms with E-state index >= 15 is 0 Å². The monoisotopic (exact) mass is 276 g/mol. The van der Waals surface area contributed by atoms with Crippen molar-refractivity contribution in [2.45, 2.75) is 13.3 Å². The third kappa shape index (κ3) is 4.49. The molecule has 0 bridgehead atoms. The van der Waals surface area contributed by atoms with E-state index in [9.17, 15) is 0 Å². The van der Waals surface area contributed by atoms with Crippen molar-refractivity contribution in [1.29, 1.82) is 0 Å². The first-order valence-corrected chi connectivity index (χ1v) is 6.85. The third-order valence-electron chi connectivity index (χ3n) is 2.63. The summed E-state index contributed by atoms with van der Waals surface area (Å²) in [6.45, 7) is 2.69. The van der Waals surface area contributed by atoms with Crippen LogP contribution in [0.5, 0.6) is 17.2 Å². The minimum absolute atomic E-state index is 0.620. The fraction of sp³-hybridized carbons (Fsp3) is 0.250. The number of hydrogen-bond donors (Lipinski definition) is 0. The SMILES string of the molecule is Cc1ccc(Oc2ccc(OCCCCl)cc2)cc1. The van der Waals surface area contributed by atoms with Gasteiger partial charge in [-0.2, -0.15) is 0 Å². The van der Waals surface area contributed by atoms with Crippen molar-refractivity contribution in [3.63, 3.8) is 0 Å². The van der Waals surface area contributed by atoms with Crippen LogP contribution in [0.15, 0.2) is 48.5 Å². The highest BCUT2D eigenvalue weighted by molar-refractivity contribution is 6.17. The van der Waals surface area contributed by atoms with Crippen molar-refractivity contribution < 1.29 is 9.47 Å². The van der Waals surface area contributed by atoms with Gasteiger partial charge >= 0.3 is 0 Å². The molecule has 2 nitrogen and oxygen atoms in total. The average Bonchev–Trinajstić information content (AvgIpc) is 2.44. The molecule has 0 saturated heterocycles. The highest BCUT2D eigenvalue weighted by Crippen LogP contribution is 2.24. The number of aryl methyl sites for hydroxylation is 1. The molecule has 2 aromatic carbocycles. The summed E-state index contributed by atoms with van der Waals surface area (Å²) < 4.78 is 11.3. The van der Waals surface area contributed by atoms with Crippen LogP contribution in [0.3, 0.4) is 0 Å². The molecule has 0 unspecified atom stereocenters. The van der Waals surface area contributed by atoms with Crippen LogP contribution in [-0.2, 0) is 0 Å². The van der Waals surface area contributed by atoms with Crippen LogP contribution in [-0.4, -0.2) is 12.5 Å². The number of benzene rings is 2. The maximum absolute atomic E-state index is 5.74. The first kappa shape index (κ1) is 13.8. The summed E-state index contributed by atoms with van der Waals surface area (Å²) in [6.07, 6.45) is 0.850. The molecule has 19 heavy (non-hydrogen) atoms. The molecule has 2 aromatic rings. The lowest BCUT2D eigenvalue weighted by molar-refractivity contribution is 0.318. The van der Waals surface area contributed by atoms with Crippen LogP contribution >= 0.6 is 11.6 Å². The quantitative estimate of drug-likeness (QED) is 0.558. The Morgan fingerprint density at radius 3 is 1.95 bits per heavy atom. The molecule has 0 spiro atoms. The lowest BCUT2D eigenvalue weighted by Gasteiger charge is -2.08. The van der Waals surface area contributed by atoms with E-state index in [2.05, 4.69) is 6.92 Å². The van der Waals surface area contributed by atoms with E-state index in [1.807, 2.05) is 48.5 Å². The Labute approximate surface area is 118 Å². The van der Waals surface area contributed by atoms with Gasteiger partial charge in [-0.25, -0.2) is 0 Å². The minimum Gasteiger partial charge on any atom is -0.494 e. The van der Waals surface area contributed by atoms with E-state index in [1.165, 1.54) is 5.56 Å². The van der Waals surface area contributed by atoms with Gasteiger partial charge in [0.1, 0.15) is 17.2 Å². The average molecular weight is 277 g/mol. The molecule has 0 aliphatic rings. The molecule has 3 heteroatoms. The molecule has 100 valence electrons. The lowest BCUT2D eigenvalue weighted by Crippen LogP contribution is -1.97. The fourth-order valence-corrected chi connectivity index (χ4v) is 1.70. The summed E-state index contributed by atoms with van der Waals surface area (Å²) in [5.41, 5.74) is 1.22. The zero-order valence-corrected chi connectivity index (χ0v) is 11.7. The molecule has 0 radical (unpaired) electrons. The Hall–Kier alpha value is -1.67. The molecule has 0 saturated carbocycles. The van der Waals surface area contributed by atoms with E-state index in [1.54, 1.807) is 0 Å². The summed E-state index contributed by atoms with van der Waals surface area (Å²) in [5, 5.41) is 0. The smallest absolute Gasteiger partial charge is 0.127 e. The highest BCUT2D eigenvalue weighted by atomic mass is 35.5. The van der Waals surface area contributed by atoms with Gasteiger partial charge in [-0.05, 0) is 49.7 Å². The largest absolute Gasteiger partial charge is 0.494 e. The van der Waals surface area contributed by atoms with Crippen LogP contribution in [0.2, 0.25) is 0 Å². The fourth-order valence-electron chi connectivity index (χ4n) is 1.59. The molecular weight excluding hydrogens is 260 g/mol. The van der Waals surface area contributed by atoms with Crippen molar-refractivity contribution >= 4 is 11.6 Å². The Kier molecular flexibility index (Phi) is 5.10. The van der Waals surface area contributed by atoms with Crippen molar-refractivity contribution in [2.75, 3.05) is 12.5 Å². The first-order chi connectivity index (χ1) is 9.28. The molecule has 0 aliphatic heterocycles. The molecule has 0 aromatic heterocycles. The second-order valence-electron chi connectivity index (χ2n) is 4.28. The number of hydrogen-bond acceptors (Lipinski definition) is 2. The minimum atomic E-state index is 0.620. The zero-order chi connectivity index (χ0) is 13.5. The van der Waals surface area contributed by atoms with Gasteiger partial charge in [0.2, 0.25) is 0 Å². The summed E-state index contributed by atoms with van der Waals surface area (Å²) in [4.78, 5) is 0. The van der Waals surface area contributed by atoms with Gasteiger partial charge in [0, 0.05) is 5.88 Å². The number of rotatable bonds is 6. The predicted molar refractivity (Wildman–Crippen MR) is 78.5 cm³/mol. The van der Waals surface area contributed by atoms with E-state index in [4.69, 9.17) is 21.1 Å². The van der Waals surface area contributed by atoms with E-state index in [0.717, 1.165) is 23.7 Å². The van der Waals surface area contributed by atoms with Crippen LogP contribution < -0.4 is 9.47 Å². The first-order valence-electron chi connectivity index (χ1n) is 6.31. The van der Waals surface area contributed by atoms with Crippen LogP contribution in [0.4, 0.5) is 0 Å². The van der Waals surface area contributed by atoms with Crippen LogP contribution in [0.1, 0.15) is 12.0 Å². The third-order valence-corrected chi connectivity index (χ3v) is 2.89. The van der Waals surface area contributed by atoms with Crippen molar-refractivity contribution in [2.24, 2.45) is 0 Å². The van der Waals surface area contributed by atoms with Crippen molar-refractivity contribution in [3.8, 4) is 17.2 Å². The van der Waals surface area contributed by atoms with E-state index in [0.29, 0.717) is 12.5 Å². The summed E-state index contributed by atoms with van der Waals surface area (Å²) in [5.74, 6) is 3.09. The Bertz CT molecular complexity index is 491. The second kappa shape index (κ2) is 7.05. The highest BCUT2D eigenvalue weighted by Gasteiger charge is 1.98. The van der Waals surface area contributed by atoms with Crippen molar-refractivity contribution in [3.05, 3.63) is 54.1 Å². The maximum atomic E-state index is 5.74. The topological polar surface area (TPSA) is 18.5 Å². The molecule has 2 rings (SSSR count). The molecule has 0 fully saturated rings. The van der Waals surface area contributed by atoms with E-state index < -0.39 is 0 Å². The van der Waals surface area contributed by atoms with E-state index in [-0.39, 0.29) is 0 Å². The summed E-state index contributed by atoms with van der Waals surface area (Å²) in [6, 6.07) is 15.6. The number of ether oxygens (including phenoxy) is 2. The van der Waals surface area contributed by atoms with Gasteiger partial charge in [-0.3, -0.25) is 0 Å². The van der Waals surface area contributed by atoms with Crippen molar-refractivity contribution in [1.82, 2.24) is 0 Å². The molecular formula is C16H17ClO2. The zero-order valence-electron chi connectivity index (χ0n) is 10.9. The Balaban J connectivity index is 1.92. The van der Waals surface area contributed by atoms with Gasteiger partial charge in [-0.15, -0.1) is 11.6 Å². The van der Waals surface area contributed by atoms with Gasteiger partial charge in [0.05, 0.1) is 6.61 Å². The molecule has 0 amide bonds. The molecule has 0 N–H and O–H groups in total. The van der Waals surface area contributed by atoms with Crippen LogP contribution in [0.25, 0.3) is 0 Å². The summed E-state index contributed by atoms with van der Waals surface area (Å²) >= 11 is 5.59. The lowest BCUT2D eigenvalue weighted by atomic mass is 10.2. The van der Waals surface area contributed by atoms with Gasteiger partial charge in [0.15, 0.2) is 0 Å². The van der Waals surface area contributed by atoms with Gasteiger partial charge < -0.3 is 9.47 Å². The second-order valence-corrected chi connectivity index (χ2v) is 4.66. The predicted octanol–water partition coefficient (Wildman–Crippen LogP) is 4.80. The van der Waals surface area contributed by atoms with Crippen LogP contribution in [0, 0.1) is 6.92 Å².